The highest BCUT2D eigenvalue weighted by Gasteiger charge is 2.32. The van der Waals surface area contributed by atoms with E-state index in [1.165, 1.54) is 12.1 Å². The molecule has 2 nitrogen and oxygen atoms in total. The molecule has 7 heteroatoms. The van der Waals surface area contributed by atoms with Crippen molar-refractivity contribution >= 4 is 12.4 Å². The molecule has 3 N–H and O–H groups in total. The lowest BCUT2D eigenvalue weighted by molar-refractivity contribution is -0.140. The first kappa shape index (κ1) is 15.2. The van der Waals surface area contributed by atoms with Crippen LogP contribution in [0.1, 0.15) is 18.0 Å². The molecule has 0 fully saturated rings. The average molecular weight is 259 g/mol. The van der Waals surface area contributed by atoms with Crippen molar-refractivity contribution in [2.24, 2.45) is 5.84 Å². The van der Waals surface area contributed by atoms with Crippen molar-refractivity contribution in [2.75, 3.05) is 0 Å². The first-order valence-corrected chi connectivity index (χ1v) is 4.21. The summed E-state index contributed by atoms with van der Waals surface area (Å²) in [5, 5.41) is 0. The Morgan fingerprint density at radius 1 is 1.19 bits per heavy atom. The van der Waals surface area contributed by atoms with Gasteiger partial charge in [0, 0.05) is 0 Å². The summed E-state index contributed by atoms with van der Waals surface area (Å²) in [7, 11) is 0. The van der Waals surface area contributed by atoms with E-state index in [4.69, 9.17) is 5.84 Å². The summed E-state index contributed by atoms with van der Waals surface area (Å²) in [5.41, 5.74) is 2.35. The van der Waals surface area contributed by atoms with Crippen molar-refractivity contribution in [2.45, 2.75) is 18.6 Å². The smallest absolute Gasteiger partial charge is 0.271 e. The molecule has 0 radical (unpaired) electrons. The maximum atomic E-state index is 12.5. The zero-order valence-electron chi connectivity index (χ0n) is 8.09. The molecule has 0 spiro atoms. The quantitative estimate of drug-likeness (QED) is 0.497. The third-order valence-corrected chi connectivity index (χ3v) is 1.91. The van der Waals surface area contributed by atoms with Crippen molar-refractivity contribution in [3.8, 4) is 0 Å². The number of rotatable bonds is 3. The number of hydrogen-bond acceptors (Lipinski definition) is 2. The predicted molar refractivity (Wildman–Crippen MR) is 54.4 cm³/mol. The van der Waals surface area contributed by atoms with Crippen LogP contribution in [0.25, 0.3) is 0 Å². The number of hydrogen-bond donors (Lipinski definition) is 2. The molecule has 0 aliphatic heterocycles. The number of benzene rings is 1. The minimum Gasteiger partial charge on any atom is -0.271 e. The van der Waals surface area contributed by atoms with Crippen LogP contribution in [0.4, 0.5) is 17.6 Å². The summed E-state index contributed by atoms with van der Waals surface area (Å²) in [4.78, 5) is 0. The number of nitrogens with one attached hydrogen (secondary N) is 1. The molecule has 1 unspecified atom stereocenters. The van der Waals surface area contributed by atoms with Gasteiger partial charge in [-0.15, -0.1) is 12.4 Å². The van der Waals surface area contributed by atoms with Crippen molar-refractivity contribution in [3.05, 3.63) is 35.6 Å². The van der Waals surface area contributed by atoms with Crippen LogP contribution in [0.5, 0.6) is 0 Å². The topological polar surface area (TPSA) is 38.0 Å². The van der Waals surface area contributed by atoms with E-state index in [1.807, 2.05) is 0 Å². The van der Waals surface area contributed by atoms with Crippen LogP contribution in [0.15, 0.2) is 24.3 Å². The molecule has 0 aliphatic carbocycles. The molecule has 0 bridgehead atoms. The molecule has 16 heavy (non-hydrogen) atoms. The van der Waals surface area contributed by atoms with Gasteiger partial charge in [0.25, 0.3) is 0 Å². The Bertz CT molecular complexity index is 312. The van der Waals surface area contributed by atoms with Gasteiger partial charge in [0.15, 0.2) is 0 Å². The first-order chi connectivity index (χ1) is 6.92. The Hall–Kier alpha value is -0.850. The van der Waals surface area contributed by atoms with E-state index in [1.54, 1.807) is 0 Å². The lowest BCUT2D eigenvalue weighted by Crippen LogP contribution is -2.31. The molecule has 0 heterocycles. The fraction of sp³-hybridized carbons (Fsp3) is 0.333. The summed E-state index contributed by atoms with van der Waals surface area (Å²) in [6.07, 6.45) is -5.40. The Morgan fingerprint density at radius 2 is 1.69 bits per heavy atom. The zero-order valence-corrected chi connectivity index (χ0v) is 8.91. The summed E-state index contributed by atoms with van der Waals surface area (Å²) in [5.74, 6) is 4.51. The average Bonchev–Trinajstić information content (AvgIpc) is 2.14. The first-order valence-electron chi connectivity index (χ1n) is 4.21. The molecular formula is C9H11ClF4N2. The van der Waals surface area contributed by atoms with Crippen molar-refractivity contribution in [3.63, 3.8) is 0 Å². The molecule has 0 aromatic heterocycles. The lowest BCUT2D eigenvalue weighted by Gasteiger charge is -2.17. The van der Waals surface area contributed by atoms with Gasteiger partial charge in [-0.1, -0.05) is 12.1 Å². The van der Waals surface area contributed by atoms with Crippen molar-refractivity contribution < 1.29 is 17.6 Å². The molecule has 1 atom stereocenters. The normalized spacial score (nSPS) is 13.1. The molecule has 92 valence electrons. The van der Waals surface area contributed by atoms with Gasteiger partial charge >= 0.3 is 6.18 Å². The van der Waals surface area contributed by atoms with Gasteiger partial charge in [0.2, 0.25) is 0 Å². The maximum Gasteiger partial charge on any atom is 0.390 e. The highest BCUT2D eigenvalue weighted by Crippen LogP contribution is 2.28. The highest BCUT2D eigenvalue weighted by molar-refractivity contribution is 5.85. The number of alkyl halides is 3. The van der Waals surface area contributed by atoms with E-state index in [0.717, 1.165) is 12.1 Å². The zero-order chi connectivity index (χ0) is 11.5. The third kappa shape index (κ3) is 4.78. The van der Waals surface area contributed by atoms with E-state index in [0.29, 0.717) is 5.56 Å². The van der Waals surface area contributed by atoms with E-state index >= 15 is 0 Å². The minimum absolute atomic E-state index is 0. The van der Waals surface area contributed by atoms with Gasteiger partial charge < -0.3 is 0 Å². The Labute approximate surface area is 96.2 Å². The van der Waals surface area contributed by atoms with Crippen LogP contribution in [0.3, 0.4) is 0 Å². The molecule has 1 aromatic carbocycles. The van der Waals surface area contributed by atoms with Gasteiger partial charge in [0.1, 0.15) is 5.82 Å². The SMILES string of the molecule is Cl.NNC(CC(F)(F)F)c1ccc(F)cc1. The molecule has 0 amide bonds. The summed E-state index contributed by atoms with van der Waals surface area (Å²) >= 11 is 0. The lowest BCUT2D eigenvalue weighted by atomic mass is 10.0. The van der Waals surface area contributed by atoms with E-state index in [2.05, 4.69) is 5.43 Å². The largest absolute Gasteiger partial charge is 0.390 e. The van der Waals surface area contributed by atoms with Gasteiger partial charge in [-0.3, -0.25) is 11.3 Å². The molecule has 0 saturated carbocycles. The fourth-order valence-corrected chi connectivity index (χ4v) is 1.20. The monoisotopic (exact) mass is 258 g/mol. The van der Waals surface area contributed by atoms with Gasteiger partial charge in [-0.05, 0) is 17.7 Å². The second-order valence-corrected chi connectivity index (χ2v) is 3.09. The third-order valence-electron chi connectivity index (χ3n) is 1.91. The molecule has 1 aromatic rings. The molecule has 0 saturated heterocycles. The number of halogens is 5. The standard InChI is InChI=1S/C9H10F4N2.ClH/c10-7-3-1-6(2-4-7)8(15-14)5-9(11,12)13;/h1-4,8,15H,5,14H2;1H. The van der Waals surface area contributed by atoms with Crippen LogP contribution in [0.2, 0.25) is 0 Å². The van der Waals surface area contributed by atoms with E-state index in [9.17, 15) is 17.6 Å². The van der Waals surface area contributed by atoms with E-state index < -0.39 is 24.5 Å². The van der Waals surface area contributed by atoms with Crippen molar-refractivity contribution in [1.29, 1.82) is 0 Å². The second-order valence-electron chi connectivity index (χ2n) is 3.09. The Kier molecular flexibility index (Phi) is 5.71. The summed E-state index contributed by atoms with van der Waals surface area (Å²) in [6.45, 7) is 0. The van der Waals surface area contributed by atoms with Crippen molar-refractivity contribution in [1.82, 2.24) is 5.43 Å². The second kappa shape index (κ2) is 6.03. The summed E-state index contributed by atoms with van der Waals surface area (Å²) < 4.78 is 48.8. The minimum atomic E-state index is -4.31. The predicted octanol–water partition coefficient (Wildman–Crippen LogP) is 2.70. The number of hydrazine groups is 1. The molecular weight excluding hydrogens is 248 g/mol. The van der Waals surface area contributed by atoms with Gasteiger partial charge in [-0.2, -0.15) is 13.2 Å². The van der Waals surface area contributed by atoms with Crippen LogP contribution >= 0.6 is 12.4 Å². The van der Waals surface area contributed by atoms with Crippen LogP contribution < -0.4 is 11.3 Å². The molecule has 1 rings (SSSR count). The highest BCUT2D eigenvalue weighted by atomic mass is 35.5. The Morgan fingerprint density at radius 3 is 2.06 bits per heavy atom. The molecule has 0 aliphatic rings. The van der Waals surface area contributed by atoms with Crippen LogP contribution in [0, 0.1) is 5.82 Å². The van der Waals surface area contributed by atoms with E-state index in [-0.39, 0.29) is 12.4 Å². The van der Waals surface area contributed by atoms with Crippen LogP contribution in [-0.2, 0) is 0 Å². The Balaban J connectivity index is 0.00000225. The summed E-state index contributed by atoms with van der Waals surface area (Å²) in [6, 6.07) is 3.68. The fourth-order valence-electron chi connectivity index (χ4n) is 1.20. The maximum absolute atomic E-state index is 12.5. The van der Waals surface area contributed by atoms with Crippen LogP contribution in [-0.4, -0.2) is 6.18 Å². The van der Waals surface area contributed by atoms with Gasteiger partial charge in [-0.25, -0.2) is 4.39 Å². The number of nitrogens with two attached hydrogens (primary N) is 1. The van der Waals surface area contributed by atoms with Gasteiger partial charge in [0.05, 0.1) is 12.5 Å².